The van der Waals surface area contributed by atoms with Crippen LogP contribution < -0.4 is 0 Å². The van der Waals surface area contributed by atoms with Gasteiger partial charge < -0.3 is 0 Å². The standard InChI is InChI=1S/C6H9O/c1-5(2)4-6(3)7/h1-3H3. The molecule has 0 aliphatic rings. The molecule has 0 heterocycles. The molecule has 0 spiro atoms. The van der Waals surface area contributed by atoms with Gasteiger partial charge in [-0.05, 0) is 20.8 Å². The topological polar surface area (TPSA) is 17.1 Å². The van der Waals surface area contributed by atoms with Gasteiger partial charge in [0, 0.05) is 6.08 Å². The Morgan fingerprint density at radius 3 is 1.71 bits per heavy atom. The lowest BCUT2D eigenvalue weighted by atomic mass is 10.3. The molecule has 0 saturated carbocycles. The van der Waals surface area contributed by atoms with Crippen LogP contribution in [0.3, 0.4) is 0 Å². The molecule has 0 aromatic heterocycles. The number of Topliss-reactive ketones (excluding diaryl/α,β-unsaturated/α-hetero) is 1. The van der Waals surface area contributed by atoms with Gasteiger partial charge in [0.05, 0.1) is 0 Å². The van der Waals surface area contributed by atoms with Gasteiger partial charge in [-0.1, -0.05) is 5.57 Å². The number of hydrogen-bond acceptors (Lipinski definition) is 1. The minimum Gasteiger partial charge on any atom is -0.294 e. The SMILES string of the molecule is CC(=O)[C]=C(C)C. The Hall–Kier alpha value is -0.590. The van der Waals surface area contributed by atoms with E-state index in [0.29, 0.717) is 0 Å². The quantitative estimate of drug-likeness (QED) is 0.451. The molecule has 0 bridgehead atoms. The van der Waals surface area contributed by atoms with Crippen molar-refractivity contribution >= 4 is 5.78 Å². The van der Waals surface area contributed by atoms with Crippen LogP contribution in [0.25, 0.3) is 0 Å². The fourth-order valence-electron chi connectivity index (χ4n) is 0.352. The fourth-order valence-corrected chi connectivity index (χ4v) is 0.352. The van der Waals surface area contributed by atoms with E-state index in [1.807, 2.05) is 13.8 Å². The Morgan fingerprint density at radius 2 is 1.71 bits per heavy atom. The van der Waals surface area contributed by atoms with Gasteiger partial charge in [-0.25, -0.2) is 0 Å². The average Bonchev–Trinajstić information content (AvgIpc) is 1.27. The van der Waals surface area contributed by atoms with E-state index in [9.17, 15) is 4.79 Å². The molecule has 7 heavy (non-hydrogen) atoms. The molecule has 0 aliphatic carbocycles. The summed E-state index contributed by atoms with van der Waals surface area (Å²) in [6.07, 6.45) is 2.58. The molecule has 1 nitrogen and oxygen atoms in total. The predicted octanol–water partition coefficient (Wildman–Crippen LogP) is 1.34. The summed E-state index contributed by atoms with van der Waals surface area (Å²) < 4.78 is 0. The smallest absolute Gasteiger partial charge is 0.160 e. The summed E-state index contributed by atoms with van der Waals surface area (Å²) in [6.45, 7) is 5.19. The molecule has 0 rings (SSSR count). The number of allylic oxidation sites excluding steroid dienone is 2. The van der Waals surface area contributed by atoms with E-state index < -0.39 is 0 Å². The maximum Gasteiger partial charge on any atom is 0.160 e. The zero-order valence-electron chi connectivity index (χ0n) is 4.91. The number of carbonyl (C=O) groups is 1. The lowest BCUT2D eigenvalue weighted by Crippen LogP contribution is -1.82. The lowest BCUT2D eigenvalue weighted by Gasteiger charge is -1.79. The van der Waals surface area contributed by atoms with Gasteiger partial charge in [0.2, 0.25) is 0 Å². The van der Waals surface area contributed by atoms with E-state index in [1.54, 1.807) is 0 Å². The molecule has 0 aliphatic heterocycles. The molecule has 0 N–H and O–H groups in total. The summed E-state index contributed by atoms with van der Waals surface area (Å²) in [5.74, 6) is 0.000000000000000444. The Kier molecular flexibility index (Phi) is 2.34. The number of hydrogen-bond donors (Lipinski definition) is 0. The van der Waals surface area contributed by atoms with Crippen LogP contribution in [-0.2, 0) is 4.79 Å². The number of carbonyl (C=O) groups excluding carboxylic acids is 1. The van der Waals surface area contributed by atoms with Gasteiger partial charge in [-0.2, -0.15) is 0 Å². The molecule has 1 heteroatoms. The summed E-state index contributed by atoms with van der Waals surface area (Å²) in [7, 11) is 0. The second-order valence-corrected chi connectivity index (χ2v) is 1.68. The summed E-state index contributed by atoms with van der Waals surface area (Å²) >= 11 is 0. The van der Waals surface area contributed by atoms with Gasteiger partial charge >= 0.3 is 0 Å². The fraction of sp³-hybridized carbons (Fsp3) is 0.500. The highest BCUT2D eigenvalue weighted by Crippen LogP contribution is 1.85. The predicted molar refractivity (Wildman–Crippen MR) is 28.8 cm³/mol. The van der Waals surface area contributed by atoms with E-state index >= 15 is 0 Å². The van der Waals surface area contributed by atoms with Crippen molar-refractivity contribution in [1.29, 1.82) is 0 Å². The minimum absolute atomic E-state index is 0.000000000000000444. The van der Waals surface area contributed by atoms with Crippen LogP contribution >= 0.6 is 0 Å². The Bertz CT molecular complexity index is 96.7. The number of rotatable bonds is 1. The van der Waals surface area contributed by atoms with Crippen LogP contribution in [0.15, 0.2) is 5.57 Å². The lowest BCUT2D eigenvalue weighted by molar-refractivity contribution is -0.113. The third kappa shape index (κ3) is 5.41. The molecule has 1 radical (unpaired) electrons. The van der Waals surface area contributed by atoms with Gasteiger partial charge in [0.1, 0.15) is 0 Å². The summed E-state index contributed by atoms with van der Waals surface area (Å²) in [5, 5.41) is 0. The Balaban J connectivity index is 3.68. The highest BCUT2D eigenvalue weighted by atomic mass is 16.1. The summed E-state index contributed by atoms with van der Waals surface area (Å²) in [4.78, 5) is 10.1. The van der Waals surface area contributed by atoms with Crippen molar-refractivity contribution in [2.45, 2.75) is 20.8 Å². The van der Waals surface area contributed by atoms with Crippen molar-refractivity contribution in [3.05, 3.63) is 11.6 Å². The molecular formula is C6H9O. The van der Waals surface area contributed by atoms with Crippen molar-refractivity contribution in [3.63, 3.8) is 0 Å². The molecule has 39 valence electrons. The van der Waals surface area contributed by atoms with Crippen LogP contribution in [-0.4, -0.2) is 5.78 Å². The first kappa shape index (κ1) is 6.41. The average molecular weight is 97.1 g/mol. The molecule has 0 saturated heterocycles. The third-order valence-corrected chi connectivity index (χ3v) is 0.426. The zero-order valence-corrected chi connectivity index (χ0v) is 4.91. The minimum atomic E-state index is 0.000000000000000444. The molecule has 0 atom stereocenters. The second kappa shape index (κ2) is 2.56. The van der Waals surface area contributed by atoms with Gasteiger partial charge in [-0.15, -0.1) is 0 Å². The van der Waals surface area contributed by atoms with Gasteiger partial charge in [-0.3, -0.25) is 4.79 Å². The van der Waals surface area contributed by atoms with E-state index in [-0.39, 0.29) is 5.78 Å². The first-order valence-electron chi connectivity index (χ1n) is 2.20. The molecular weight excluding hydrogens is 88.1 g/mol. The van der Waals surface area contributed by atoms with E-state index in [4.69, 9.17) is 0 Å². The van der Waals surface area contributed by atoms with Crippen molar-refractivity contribution in [2.75, 3.05) is 0 Å². The molecule has 0 aromatic rings. The van der Waals surface area contributed by atoms with Crippen LogP contribution in [0, 0.1) is 6.08 Å². The monoisotopic (exact) mass is 97.1 g/mol. The van der Waals surface area contributed by atoms with Crippen molar-refractivity contribution < 1.29 is 4.79 Å². The largest absolute Gasteiger partial charge is 0.294 e. The third-order valence-electron chi connectivity index (χ3n) is 0.426. The molecule has 0 fully saturated rings. The van der Waals surface area contributed by atoms with Crippen molar-refractivity contribution in [3.8, 4) is 0 Å². The van der Waals surface area contributed by atoms with E-state index in [2.05, 4.69) is 6.08 Å². The van der Waals surface area contributed by atoms with Crippen LogP contribution in [0.4, 0.5) is 0 Å². The van der Waals surface area contributed by atoms with Crippen molar-refractivity contribution in [2.24, 2.45) is 0 Å². The maximum absolute atomic E-state index is 10.1. The Morgan fingerprint density at radius 1 is 1.29 bits per heavy atom. The first-order chi connectivity index (χ1) is 3.13. The van der Waals surface area contributed by atoms with Gasteiger partial charge in [0.25, 0.3) is 0 Å². The zero-order chi connectivity index (χ0) is 5.86. The van der Waals surface area contributed by atoms with E-state index in [0.717, 1.165) is 5.57 Å². The summed E-state index contributed by atoms with van der Waals surface area (Å²) in [6, 6.07) is 0. The molecule has 0 amide bonds. The normalized spacial score (nSPS) is 7.86. The van der Waals surface area contributed by atoms with Gasteiger partial charge in [0.15, 0.2) is 5.78 Å². The van der Waals surface area contributed by atoms with Crippen molar-refractivity contribution in [1.82, 2.24) is 0 Å². The summed E-state index contributed by atoms with van der Waals surface area (Å²) in [5.41, 5.74) is 0.938. The van der Waals surface area contributed by atoms with E-state index in [1.165, 1.54) is 6.92 Å². The number of ketones is 1. The van der Waals surface area contributed by atoms with Crippen LogP contribution in [0.2, 0.25) is 0 Å². The molecule has 0 aromatic carbocycles. The highest BCUT2D eigenvalue weighted by molar-refractivity contribution is 5.83. The second-order valence-electron chi connectivity index (χ2n) is 1.68. The molecule has 0 unspecified atom stereocenters. The highest BCUT2D eigenvalue weighted by Gasteiger charge is 1.81. The van der Waals surface area contributed by atoms with Crippen LogP contribution in [0.1, 0.15) is 20.8 Å². The Labute approximate surface area is 44.0 Å². The van der Waals surface area contributed by atoms with Crippen LogP contribution in [0.5, 0.6) is 0 Å². The maximum atomic E-state index is 10.1. The first-order valence-corrected chi connectivity index (χ1v) is 2.20.